The molecule has 27 heavy (non-hydrogen) atoms. The van der Waals surface area contributed by atoms with Crippen LogP contribution in [0.2, 0.25) is 0 Å². The number of nitrogens with one attached hydrogen (secondary N) is 1. The number of hydrogen-bond donors (Lipinski definition) is 1. The maximum absolute atomic E-state index is 13.5. The molecular formula is C18H23N3O5S. The third-order valence-corrected chi connectivity index (χ3v) is 6.58. The first-order chi connectivity index (χ1) is 12.8. The molecule has 2 heterocycles. The minimum Gasteiger partial charge on any atom is -0.381 e. The highest BCUT2D eigenvalue weighted by atomic mass is 32.2. The summed E-state index contributed by atoms with van der Waals surface area (Å²) >= 11 is 0. The van der Waals surface area contributed by atoms with Crippen LogP contribution in [0.3, 0.4) is 0 Å². The summed E-state index contributed by atoms with van der Waals surface area (Å²) in [6.07, 6.45) is 1.19. The van der Waals surface area contributed by atoms with Crippen molar-refractivity contribution < 1.29 is 22.5 Å². The quantitative estimate of drug-likeness (QED) is 0.838. The van der Waals surface area contributed by atoms with E-state index in [0.29, 0.717) is 43.1 Å². The van der Waals surface area contributed by atoms with Gasteiger partial charge in [0.2, 0.25) is 5.91 Å². The molecule has 0 aliphatic carbocycles. The topological polar surface area (TPSA) is 102 Å². The van der Waals surface area contributed by atoms with Crippen molar-refractivity contribution in [1.82, 2.24) is 5.16 Å². The largest absolute Gasteiger partial charge is 0.381 e. The van der Waals surface area contributed by atoms with Gasteiger partial charge in [0.25, 0.3) is 10.0 Å². The summed E-state index contributed by atoms with van der Waals surface area (Å²) in [4.78, 5) is 11.3. The second-order valence-electron chi connectivity index (χ2n) is 6.53. The lowest BCUT2D eigenvalue weighted by Crippen LogP contribution is -2.43. The van der Waals surface area contributed by atoms with Crippen LogP contribution >= 0.6 is 0 Å². The maximum atomic E-state index is 13.5. The number of ether oxygens (including phenoxy) is 1. The van der Waals surface area contributed by atoms with E-state index >= 15 is 0 Å². The molecule has 1 aliphatic rings. The monoisotopic (exact) mass is 393 g/mol. The van der Waals surface area contributed by atoms with Gasteiger partial charge in [0.1, 0.15) is 5.69 Å². The van der Waals surface area contributed by atoms with Crippen molar-refractivity contribution in [2.75, 3.05) is 22.8 Å². The van der Waals surface area contributed by atoms with E-state index in [0.717, 1.165) is 0 Å². The van der Waals surface area contributed by atoms with Crippen molar-refractivity contribution in [2.45, 2.75) is 44.6 Å². The van der Waals surface area contributed by atoms with Crippen LogP contribution in [0.1, 0.15) is 31.2 Å². The third-order valence-electron chi connectivity index (χ3n) is 4.45. The smallest absolute Gasteiger partial charge is 0.269 e. The Kier molecular flexibility index (Phi) is 5.52. The van der Waals surface area contributed by atoms with Crippen molar-refractivity contribution in [3.63, 3.8) is 0 Å². The normalized spacial score (nSPS) is 15.5. The van der Waals surface area contributed by atoms with Crippen molar-refractivity contribution in [3.8, 4) is 0 Å². The van der Waals surface area contributed by atoms with Crippen LogP contribution < -0.4 is 9.62 Å². The first kappa shape index (κ1) is 19.4. The summed E-state index contributed by atoms with van der Waals surface area (Å²) in [6, 6.07) is 6.52. The lowest BCUT2D eigenvalue weighted by Gasteiger charge is -2.35. The standard InChI is InChI=1S/C18H23N3O5S/c1-12-18(13(2)26-20-12)27(23,24)21(17-8-10-25-11-9-17)16-6-4-15(5-7-16)19-14(3)22/h4-7,17H,8-11H2,1-3H3,(H,19,22). The molecule has 1 saturated heterocycles. The molecule has 1 amide bonds. The number of carbonyl (C=O) groups excluding carboxylic acids is 1. The molecule has 1 aromatic carbocycles. The molecule has 3 rings (SSSR count). The van der Waals surface area contributed by atoms with Crippen LogP contribution in [0, 0.1) is 13.8 Å². The fraction of sp³-hybridized carbons (Fsp3) is 0.444. The predicted octanol–water partition coefficient (Wildman–Crippen LogP) is 2.62. The van der Waals surface area contributed by atoms with Crippen LogP contribution in [-0.4, -0.2) is 38.7 Å². The molecule has 0 spiro atoms. The number of nitrogens with zero attached hydrogens (tertiary/aromatic N) is 2. The van der Waals surface area contributed by atoms with Gasteiger partial charge in [-0.2, -0.15) is 0 Å². The van der Waals surface area contributed by atoms with Gasteiger partial charge < -0.3 is 14.6 Å². The van der Waals surface area contributed by atoms with E-state index < -0.39 is 10.0 Å². The molecule has 2 aromatic rings. The second kappa shape index (κ2) is 7.69. The minimum absolute atomic E-state index is 0.0972. The highest BCUT2D eigenvalue weighted by Gasteiger charge is 2.36. The Balaban J connectivity index is 2.05. The third kappa shape index (κ3) is 3.98. The molecule has 8 nitrogen and oxygen atoms in total. The Hall–Kier alpha value is -2.39. The lowest BCUT2D eigenvalue weighted by molar-refractivity contribution is -0.114. The van der Waals surface area contributed by atoms with Gasteiger partial charge in [0.05, 0.1) is 5.69 Å². The van der Waals surface area contributed by atoms with Gasteiger partial charge in [-0.3, -0.25) is 9.10 Å². The molecule has 0 saturated carbocycles. The van der Waals surface area contributed by atoms with Gasteiger partial charge in [-0.25, -0.2) is 8.42 Å². The Morgan fingerprint density at radius 2 is 1.81 bits per heavy atom. The molecule has 0 unspecified atom stereocenters. The number of anilines is 2. The van der Waals surface area contributed by atoms with Crippen molar-refractivity contribution >= 4 is 27.3 Å². The number of rotatable bonds is 5. The zero-order chi connectivity index (χ0) is 19.6. The van der Waals surface area contributed by atoms with Gasteiger partial charge in [0.15, 0.2) is 10.7 Å². The highest BCUT2D eigenvalue weighted by Crippen LogP contribution is 2.33. The van der Waals surface area contributed by atoms with Gasteiger partial charge in [0, 0.05) is 31.9 Å². The van der Waals surface area contributed by atoms with E-state index in [2.05, 4.69) is 10.5 Å². The van der Waals surface area contributed by atoms with Gasteiger partial charge >= 0.3 is 0 Å². The first-order valence-electron chi connectivity index (χ1n) is 8.73. The predicted molar refractivity (Wildman–Crippen MR) is 100 cm³/mol. The van der Waals surface area contributed by atoms with E-state index in [-0.39, 0.29) is 22.6 Å². The number of hydrogen-bond acceptors (Lipinski definition) is 6. The molecule has 1 fully saturated rings. The number of carbonyl (C=O) groups is 1. The molecule has 9 heteroatoms. The highest BCUT2D eigenvalue weighted by molar-refractivity contribution is 7.93. The molecule has 0 radical (unpaired) electrons. The van der Waals surface area contributed by atoms with E-state index in [1.165, 1.54) is 11.2 Å². The van der Waals surface area contributed by atoms with E-state index in [1.807, 2.05) is 0 Å². The Morgan fingerprint density at radius 1 is 1.19 bits per heavy atom. The molecule has 1 aliphatic heterocycles. The second-order valence-corrected chi connectivity index (χ2v) is 8.28. The van der Waals surface area contributed by atoms with Crippen molar-refractivity contribution in [1.29, 1.82) is 0 Å². The van der Waals surface area contributed by atoms with Gasteiger partial charge in [-0.1, -0.05) is 5.16 Å². The van der Waals surface area contributed by atoms with E-state index in [9.17, 15) is 13.2 Å². The molecule has 146 valence electrons. The molecule has 0 bridgehead atoms. The van der Waals surface area contributed by atoms with Gasteiger partial charge in [-0.15, -0.1) is 0 Å². The summed E-state index contributed by atoms with van der Waals surface area (Å²) in [7, 11) is -3.87. The fourth-order valence-electron chi connectivity index (χ4n) is 3.30. The van der Waals surface area contributed by atoms with Crippen LogP contribution in [-0.2, 0) is 19.6 Å². The van der Waals surface area contributed by atoms with Crippen molar-refractivity contribution in [3.05, 3.63) is 35.7 Å². The number of amides is 1. The Bertz CT molecular complexity index is 895. The molecule has 1 aromatic heterocycles. The molecular weight excluding hydrogens is 370 g/mol. The van der Waals surface area contributed by atoms with Crippen LogP contribution in [0.4, 0.5) is 11.4 Å². The maximum Gasteiger partial charge on any atom is 0.269 e. The van der Waals surface area contributed by atoms with Crippen LogP contribution in [0.5, 0.6) is 0 Å². The number of benzene rings is 1. The summed E-state index contributed by atoms with van der Waals surface area (Å²) in [5.41, 5.74) is 1.46. The fourth-order valence-corrected chi connectivity index (χ4v) is 5.31. The summed E-state index contributed by atoms with van der Waals surface area (Å²) in [5, 5.41) is 6.48. The van der Waals surface area contributed by atoms with Crippen LogP contribution in [0.25, 0.3) is 0 Å². The van der Waals surface area contributed by atoms with E-state index in [4.69, 9.17) is 9.26 Å². The SMILES string of the molecule is CC(=O)Nc1ccc(N(C2CCOCC2)S(=O)(=O)c2c(C)noc2C)cc1. The molecule has 1 N–H and O–H groups in total. The zero-order valence-electron chi connectivity index (χ0n) is 15.6. The summed E-state index contributed by atoms with van der Waals surface area (Å²) < 4.78 is 38.9. The Morgan fingerprint density at radius 3 is 2.33 bits per heavy atom. The lowest BCUT2D eigenvalue weighted by atomic mass is 10.1. The average Bonchev–Trinajstić information content (AvgIpc) is 2.96. The summed E-state index contributed by atoms with van der Waals surface area (Å²) in [6.45, 7) is 5.63. The van der Waals surface area contributed by atoms with Gasteiger partial charge in [-0.05, 0) is 51.0 Å². The molecule has 0 atom stereocenters. The minimum atomic E-state index is -3.87. The average molecular weight is 393 g/mol. The number of sulfonamides is 1. The number of aromatic nitrogens is 1. The zero-order valence-corrected chi connectivity index (χ0v) is 16.4. The van der Waals surface area contributed by atoms with Crippen molar-refractivity contribution in [2.24, 2.45) is 0 Å². The summed E-state index contributed by atoms with van der Waals surface area (Å²) in [5.74, 6) is 0.0757. The number of aryl methyl sites for hydroxylation is 2. The first-order valence-corrected chi connectivity index (χ1v) is 10.2. The van der Waals surface area contributed by atoms with Crippen LogP contribution in [0.15, 0.2) is 33.7 Å². The Labute approximate surface area is 158 Å². The van der Waals surface area contributed by atoms with E-state index in [1.54, 1.807) is 38.1 Å².